The van der Waals surface area contributed by atoms with Crippen molar-refractivity contribution in [3.8, 4) is 0 Å². The summed E-state index contributed by atoms with van der Waals surface area (Å²) in [5.41, 5.74) is 0. The van der Waals surface area contributed by atoms with E-state index in [1.54, 1.807) is 18.6 Å². The van der Waals surface area contributed by atoms with Gasteiger partial charge in [0.05, 0.1) is 0 Å². The molecule has 0 saturated carbocycles. The summed E-state index contributed by atoms with van der Waals surface area (Å²) >= 11 is 1.46. The highest BCUT2D eigenvalue weighted by Gasteiger charge is 1.80. The van der Waals surface area contributed by atoms with E-state index in [1.807, 2.05) is 29.6 Å². The molecule has 0 unspecified atom stereocenters. The number of hydrogen-bond acceptors (Lipinski definition) is 5. The minimum absolute atomic E-state index is 0.167. The number of pyridine rings is 1. The van der Waals surface area contributed by atoms with Crippen LogP contribution in [-0.2, 0) is 9.59 Å². The summed E-state index contributed by atoms with van der Waals surface area (Å²) in [5.74, 6) is -1.43. The molecule has 0 radical (unpaired) electrons. The topological polar surface area (TPSA) is 80.2 Å². The number of carboxylic acid groups (broad SMARTS) is 1. The van der Waals surface area contributed by atoms with E-state index < -0.39 is 5.97 Å². The Labute approximate surface area is 96.6 Å². The number of carboxylic acids is 1. The van der Waals surface area contributed by atoms with E-state index in [0.29, 0.717) is 0 Å². The van der Waals surface area contributed by atoms with Gasteiger partial charge in [-0.2, -0.15) is 0 Å². The van der Waals surface area contributed by atoms with Gasteiger partial charge in [-0.05, 0) is 29.7 Å². The highest BCUT2D eigenvalue weighted by molar-refractivity contribution is 7.03. The number of carbonyl (C=O) groups excluding carboxylic acids is 1. The Morgan fingerprint density at radius 1 is 1.12 bits per heavy atom. The minimum atomic E-state index is -1.43. The molecule has 1 N–H and O–H groups in total. The van der Waals surface area contributed by atoms with E-state index in [1.165, 1.54) is 11.5 Å². The van der Waals surface area contributed by atoms with E-state index in [-0.39, 0.29) is 6.29 Å². The molecule has 0 saturated heterocycles. The third-order valence-electron chi connectivity index (χ3n) is 1.01. The first-order valence-corrected chi connectivity index (χ1v) is 4.98. The summed E-state index contributed by atoms with van der Waals surface area (Å²) < 4.78 is 3.76. The van der Waals surface area contributed by atoms with Crippen LogP contribution in [0.4, 0.5) is 0 Å². The first-order valence-electron chi connectivity index (χ1n) is 4.14. The van der Waals surface area contributed by atoms with Gasteiger partial charge in [-0.25, -0.2) is 9.17 Å². The number of aliphatic carboxylic acids is 1. The number of hydrogen-bond donors (Lipinski definition) is 1. The van der Waals surface area contributed by atoms with Crippen molar-refractivity contribution in [3.63, 3.8) is 0 Å². The molecule has 0 aliphatic carbocycles. The smallest absolute Gasteiger partial charge is 0.368 e. The average molecular weight is 238 g/mol. The van der Waals surface area contributed by atoms with E-state index in [2.05, 4.69) is 9.36 Å². The zero-order chi connectivity index (χ0) is 12.1. The summed E-state index contributed by atoms with van der Waals surface area (Å²) in [6, 6.07) is 7.62. The summed E-state index contributed by atoms with van der Waals surface area (Å²) in [4.78, 5) is 21.7. The van der Waals surface area contributed by atoms with Crippen LogP contribution in [0.3, 0.4) is 0 Å². The summed E-state index contributed by atoms with van der Waals surface area (Å²) in [6.07, 6.45) is 5.10. The van der Waals surface area contributed by atoms with E-state index in [4.69, 9.17) is 14.7 Å². The van der Waals surface area contributed by atoms with Crippen molar-refractivity contribution in [2.24, 2.45) is 0 Å². The van der Waals surface area contributed by atoms with Gasteiger partial charge in [0.2, 0.25) is 6.29 Å². The van der Waals surface area contributed by atoms with Crippen molar-refractivity contribution in [1.82, 2.24) is 9.36 Å². The third-order valence-corrected chi connectivity index (χ3v) is 1.54. The molecule has 0 fully saturated rings. The van der Waals surface area contributed by atoms with Crippen LogP contribution in [-0.4, -0.2) is 26.7 Å². The fourth-order valence-corrected chi connectivity index (χ4v) is 0.840. The zero-order valence-electron chi connectivity index (χ0n) is 8.26. The van der Waals surface area contributed by atoms with Gasteiger partial charge in [-0.3, -0.25) is 9.78 Å². The molecule has 0 bridgehead atoms. The fourth-order valence-electron chi connectivity index (χ4n) is 0.488. The lowest BCUT2D eigenvalue weighted by Crippen LogP contribution is -1.91. The Morgan fingerprint density at radius 3 is 1.88 bits per heavy atom. The van der Waals surface area contributed by atoms with Gasteiger partial charge in [0.1, 0.15) is 0 Å². The predicted octanol–water partition coefficient (Wildman–Crippen LogP) is 1.49. The largest absolute Gasteiger partial charge is 0.476 e. The molecule has 0 aliphatic heterocycles. The molecule has 16 heavy (non-hydrogen) atoms. The number of aldehydes is 1. The maximum atomic E-state index is 9.00. The van der Waals surface area contributed by atoms with Crippen LogP contribution in [0.5, 0.6) is 0 Å². The molecule has 6 heteroatoms. The van der Waals surface area contributed by atoms with Crippen LogP contribution in [0.1, 0.15) is 0 Å². The van der Waals surface area contributed by atoms with E-state index in [9.17, 15) is 0 Å². The fraction of sp³-hybridized carbons (Fsp3) is 0. The van der Waals surface area contributed by atoms with Gasteiger partial charge in [0, 0.05) is 24.0 Å². The molecule has 5 nitrogen and oxygen atoms in total. The summed E-state index contributed by atoms with van der Waals surface area (Å²) in [7, 11) is 0. The molecular weight excluding hydrogens is 228 g/mol. The normalized spacial score (nSPS) is 7.50. The van der Waals surface area contributed by atoms with Gasteiger partial charge < -0.3 is 5.11 Å². The van der Waals surface area contributed by atoms with Crippen LogP contribution >= 0.6 is 11.5 Å². The van der Waals surface area contributed by atoms with E-state index >= 15 is 0 Å². The Bertz CT molecular complexity index is 321. The lowest BCUT2D eigenvalue weighted by atomic mass is 10.5. The standard InChI is InChI=1S/C5H5N.C3H3NS.C2H2O3/c1-2-4-6-5-3-1;1-2-4-5-3-1;3-1-2(4)5/h1-5H;1-3H;1H,(H,4,5). The molecule has 0 atom stereocenters. The zero-order valence-corrected chi connectivity index (χ0v) is 9.08. The van der Waals surface area contributed by atoms with Gasteiger partial charge in [0.15, 0.2) is 0 Å². The monoisotopic (exact) mass is 238 g/mol. The molecule has 0 aliphatic rings. The van der Waals surface area contributed by atoms with Gasteiger partial charge in [-0.1, -0.05) is 6.07 Å². The van der Waals surface area contributed by atoms with Crippen LogP contribution in [0, 0.1) is 0 Å². The Balaban J connectivity index is 0.000000213. The second-order valence-corrected chi connectivity index (χ2v) is 2.86. The van der Waals surface area contributed by atoms with Crippen LogP contribution in [0.2, 0.25) is 0 Å². The van der Waals surface area contributed by atoms with Crippen LogP contribution < -0.4 is 0 Å². The Hall–Kier alpha value is -2.08. The molecule has 2 aromatic rings. The first-order chi connectivity index (χ1) is 7.77. The van der Waals surface area contributed by atoms with Crippen LogP contribution in [0.25, 0.3) is 0 Å². The molecule has 2 aromatic heterocycles. The average Bonchev–Trinajstić information content (AvgIpc) is 2.91. The lowest BCUT2D eigenvalue weighted by molar-refractivity contribution is -0.143. The predicted molar refractivity (Wildman–Crippen MR) is 60.1 cm³/mol. The summed E-state index contributed by atoms with van der Waals surface area (Å²) in [5, 5.41) is 9.28. The van der Waals surface area contributed by atoms with Crippen molar-refractivity contribution in [1.29, 1.82) is 0 Å². The van der Waals surface area contributed by atoms with Crippen molar-refractivity contribution >= 4 is 23.8 Å². The first kappa shape index (κ1) is 13.9. The molecule has 0 amide bonds. The second-order valence-electron chi connectivity index (χ2n) is 2.17. The molecule has 0 aromatic carbocycles. The minimum Gasteiger partial charge on any atom is -0.476 e. The molecule has 0 spiro atoms. The number of carbonyl (C=O) groups is 2. The highest BCUT2D eigenvalue weighted by Crippen LogP contribution is 1.83. The molecule has 2 heterocycles. The Morgan fingerprint density at radius 2 is 1.75 bits per heavy atom. The maximum absolute atomic E-state index is 9.00. The van der Waals surface area contributed by atoms with E-state index in [0.717, 1.165) is 0 Å². The highest BCUT2D eigenvalue weighted by atomic mass is 32.1. The number of nitrogens with zero attached hydrogens (tertiary/aromatic N) is 2. The van der Waals surface area contributed by atoms with Crippen molar-refractivity contribution in [2.45, 2.75) is 0 Å². The number of aromatic nitrogens is 2. The summed E-state index contributed by atoms with van der Waals surface area (Å²) in [6.45, 7) is 0. The lowest BCUT2D eigenvalue weighted by Gasteiger charge is -1.70. The van der Waals surface area contributed by atoms with Gasteiger partial charge >= 0.3 is 5.97 Å². The van der Waals surface area contributed by atoms with Crippen molar-refractivity contribution in [3.05, 3.63) is 48.2 Å². The quantitative estimate of drug-likeness (QED) is 0.601. The third kappa shape index (κ3) is 11.9. The van der Waals surface area contributed by atoms with Crippen molar-refractivity contribution in [2.75, 3.05) is 0 Å². The van der Waals surface area contributed by atoms with Crippen molar-refractivity contribution < 1.29 is 14.7 Å². The maximum Gasteiger partial charge on any atom is 0.368 e. The SMILES string of the molecule is O=CC(=O)O.c1ccncc1.c1cnsc1. The van der Waals surface area contributed by atoms with Crippen LogP contribution in [0.15, 0.2) is 48.2 Å². The number of rotatable bonds is 1. The molecule has 2 rings (SSSR count). The van der Waals surface area contributed by atoms with Gasteiger partial charge in [0.25, 0.3) is 0 Å². The molecule has 84 valence electrons. The second kappa shape index (κ2) is 11.0. The Kier molecular flexibility index (Phi) is 9.57. The van der Waals surface area contributed by atoms with Gasteiger partial charge in [-0.15, -0.1) is 0 Å². The molecular formula is C10H10N2O3S.